The highest BCUT2D eigenvalue weighted by Gasteiger charge is 2.30. The molecule has 2 heterocycles. The van der Waals surface area contributed by atoms with Gasteiger partial charge in [0.15, 0.2) is 52.9 Å². The van der Waals surface area contributed by atoms with Gasteiger partial charge in [-0.3, -0.25) is 19.6 Å². The quantitative estimate of drug-likeness (QED) is 0.0270. The molecule has 0 aliphatic heterocycles. The number of benzene rings is 8. The van der Waals surface area contributed by atoms with Crippen LogP contribution in [0.2, 0.25) is 0 Å². The second kappa shape index (κ2) is 46.6. The molecule has 130 heavy (non-hydrogen) atoms. The number of aromatic nitrogens is 2. The Labute approximate surface area is 751 Å². The number of carbonyl (C=O) groups is 10. The Morgan fingerprint density at radius 1 is 0.231 bits per heavy atom. The van der Waals surface area contributed by atoms with Crippen LogP contribution in [0.5, 0.6) is 46.0 Å². The van der Waals surface area contributed by atoms with Crippen molar-refractivity contribution in [3.63, 3.8) is 0 Å². The number of carbonyl (C=O) groups excluding carboxylic acids is 10. The summed E-state index contributed by atoms with van der Waals surface area (Å²) in [6.07, 6.45) is 3.23. The van der Waals surface area contributed by atoms with Crippen LogP contribution in [0.15, 0.2) is 170 Å². The van der Waals surface area contributed by atoms with E-state index in [1.54, 1.807) is 104 Å². The van der Waals surface area contributed by atoms with Gasteiger partial charge < -0.3 is 86.4 Å². The highest BCUT2D eigenvalue weighted by Crippen LogP contribution is 2.44. The van der Waals surface area contributed by atoms with Crippen LogP contribution in [0.4, 0.5) is 11.4 Å². The number of nitrogens with one attached hydrogen (secondary N) is 2. The van der Waals surface area contributed by atoms with Gasteiger partial charge in [-0.15, -0.1) is 0 Å². The summed E-state index contributed by atoms with van der Waals surface area (Å²) in [5.74, 6) is -4.05. The van der Waals surface area contributed by atoms with Gasteiger partial charge in [0.1, 0.15) is 46.0 Å². The van der Waals surface area contributed by atoms with Crippen LogP contribution in [0, 0.1) is 0 Å². The van der Waals surface area contributed by atoms with Crippen LogP contribution < -0.4 is 48.5 Å². The highest BCUT2D eigenvalue weighted by atomic mass is 16.6. The summed E-state index contributed by atoms with van der Waals surface area (Å²) in [4.78, 5) is 146. The van der Waals surface area contributed by atoms with Crippen molar-refractivity contribution < 1.29 is 124 Å². The third kappa shape index (κ3) is 25.3. The van der Waals surface area contributed by atoms with Gasteiger partial charge >= 0.3 is 47.8 Å². The van der Waals surface area contributed by atoms with Crippen LogP contribution in [-0.4, -0.2) is 175 Å². The van der Waals surface area contributed by atoms with Crippen LogP contribution in [0.3, 0.4) is 0 Å². The molecule has 2 aliphatic carbocycles. The predicted octanol–water partition coefficient (Wildman–Crippen LogP) is 13.5. The third-order valence-electron chi connectivity index (χ3n) is 20.5. The smallest absolute Gasteiger partial charge is 0.344 e. The van der Waals surface area contributed by atoms with E-state index in [0.29, 0.717) is 124 Å². The fourth-order valence-electron chi connectivity index (χ4n) is 15.3. The highest BCUT2D eigenvalue weighted by molar-refractivity contribution is 6.06. The largest absolute Gasteiger partial charge is 0.481 e. The number of ether oxygens (including phenoxy) is 16. The van der Waals surface area contributed by atoms with E-state index in [0.717, 1.165) is 0 Å². The summed E-state index contributed by atoms with van der Waals surface area (Å²) in [5, 5.41) is 6.19. The van der Waals surface area contributed by atoms with Crippen molar-refractivity contribution in [2.24, 2.45) is 0 Å². The molecule has 0 atom stereocenters. The summed E-state index contributed by atoms with van der Waals surface area (Å²) >= 11 is 0. The minimum absolute atomic E-state index is 0.0283. The number of amides is 2. The Morgan fingerprint density at radius 2 is 0.392 bits per heavy atom. The lowest BCUT2D eigenvalue weighted by molar-refractivity contribution is -0.146. The number of rotatable bonds is 37. The van der Waals surface area contributed by atoms with Gasteiger partial charge in [-0.25, -0.2) is 38.4 Å². The molecule has 2 aromatic heterocycles. The van der Waals surface area contributed by atoms with Gasteiger partial charge in [0.25, 0.3) is 11.8 Å². The average Bonchev–Trinajstić information content (AvgIpc) is 0.784. The molecular formula is C100H102N4O26. The van der Waals surface area contributed by atoms with Crippen LogP contribution >= 0.6 is 0 Å². The van der Waals surface area contributed by atoms with E-state index in [2.05, 4.69) is 20.6 Å². The molecule has 678 valence electrons. The summed E-state index contributed by atoms with van der Waals surface area (Å²) in [6.45, 7) is 10.1. The lowest BCUT2D eigenvalue weighted by atomic mass is 9.91. The van der Waals surface area contributed by atoms with Gasteiger partial charge in [-0.2, -0.15) is 0 Å². The molecule has 0 saturated heterocycles. The maximum absolute atomic E-state index is 15.3. The summed E-state index contributed by atoms with van der Waals surface area (Å²) in [7, 11) is 0. The molecular weight excluding hydrogens is 1670 g/mol. The number of hydrogen-bond acceptors (Lipinski definition) is 28. The second-order valence-corrected chi connectivity index (χ2v) is 29.6. The molecule has 2 amide bonds. The topological polar surface area (TPSA) is 368 Å². The van der Waals surface area contributed by atoms with E-state index in [9.17, 15) is 38.4 Å². The summed E-state index contributed by atoms with van der Waals surface area (Å²) in [5.41, 5.74) is 9.68. The van der Waals surface area contributed by atoms with Crippen molar-refractivity contribution in [2.75, 3.05) is 116 Å². The SMILES string of the molecule is CCOC(=O)COc1c2cccc1Cc1cccc(c1OCC(=O)OCC)Cc1cc(NC(=O)c3ccnc(-c4cc(C(=O)Nc5cc6c(OCC(=O)OCC)c(c5)Cc5cccc(c5OCC(=O)OCC)Cc5cccc(c5OCC(=O)OCC)Cc5cccc(c5OCC(=O)OCC)C6)ccn4)c3)cc(c1OCC(=O)OCC)Cc1cccc(c1OCC(=O)OCC)C2. The molecule has 0 radical (unpaired) electrons. The maximum Gasteiger partial charge on any atom is 0.344 e. The van der Waals surface area contributed by atoms with Crippen molar-refractivity contribution in [2.45, 2.75) is 107 Å². The number of nitrogens with zero attached hydrogens (tertiary/aromatic N) is 2. The number of anilines is 2. The lowest BCUT2D eigenvalue weighted by Crippen LogP contribution is -2.19. The molecule has 12 rings (SSSR count). The fourth-order valence-corrected chi connectivity index (χ4v) is 15.3. The predicted molar refractivity (Wildman–Crippen MR) is 474 cm³/mol. The fraction of sp³-hybridized carbons (Fsp3) is 0.320. The summed E-state index contributed by atoms with van der Waals surface area (Å²) < 4.78 is 94.8. The first kappa shape index (κ1) is 94.3. The van der Waals surface area contributed by atoms with Crippen molar-refractivity contribution in [3.05, 3.63) is 270 Å². The van der Waals surface area contributed by atoms with Gasteiger partial charge in [0.05, 0.1) is 64.2 Å². The van der Waals surface area contributed by atoms with Gasteiger partial charge in [-0.1, -0.05) is 109 Å². The molecule has 2 N–H and O–H groups in total. The second-order valence-electron chi connectivity index (χ2n) is 29.6. The van der Waals surface area contributed by atoms with E-state index in [-0.39, 0.29) is 150 Å². The zero-order valence-electron chi connectivity index (χ0n) is 73.6. The van der Waals surface area contributed by atoms with E-state index >= 15 is 9.59 Å². The first-order chi connectivity index (χ1) is 63.2. The molecule has 0 fully saturated rings. The Balaban J connectivity index is 0.936. The third-order valence-corrected chi connectivity index (χ3v) is 20.5. The number of pyridine rings is 2. The molecule has 0 unspecified atom stereocenters. The van der Waals surface area contributed by atoms with Gasteiger partial charge in [-0.05, 0) is 171 Å². The molecule has 16 bridgehead atoms. The van der Waals surface area contributed by atoms with Crippen molar-refractivity contribution in [3.8, 4) is 57.4 Å². The number of fused-ring (bicyclic) bond motifs is 16. The van der Waals surface area contributed by atoms with E-state index in [1.807, 2.05) is 84.9 Å². The van der Waals surface area contributed by atoms with E-state index in [1.165, 1.54) is 36.7 Å². The Hall–Kier alpha value is -14.8. The van der Waals surface area contributed by atoms with Gasteiger partial charge in [0.2, 0.25) is 0 Å². The van der Waals surface area contributed by atoms with Gasteiger partial charge in [0, 0.05) is 109 Å². The first-order valence-corrected chi connectivity index (χ1v) is 43.0. The number of hydrogen-bond donors (Lipinski definition) is 2. The Bertz CT molecular complexity index is 5220. The zero-order valence-corrected chi connectivity index (χ0v) is 73.6. The minimum atomic E-state index is -0.679. The Kier molecular flexibility index (Phi) is 33.8. The van der Waals surface area contributed by atoms with Crippen molar-refractivity contribution >= 4 is 70.9 Å². The molecule has 10 aromatic rings. The maximum atomic E-state index is 15.3. The van der Waals surface area contributed by atoms with Crippen LogP contribution in [-0.2, 0) is 128 Å². The molecule has 0 spiro atoms. The van der Waals surface area contributed by atoms with Crippen molar-refractivity contribution in [1.29, 1.82) is 0 Å². The van der Waals surface area contributed by atoms with Crippen LogP contribution in [0.25, 0.3) is 11.4 Å². The summed E-state index contributed by atoms with van der Waals surface area (Å²) in [6, 6.07) is 45.7. The molecule has 8 aromatic carbocycles. The normalized spacial score (nSPS) is 11.8. The van der Waals surface area contributed by atoms with E-state index < -0.39 is 112 Å². The molecule has 2 aliphatic rings. The zero-order chi connectivity index (χ0) is 92.0. The Morgan fingerprint density at radius 3 is 0.562 bits per heavy atom. The molecule has 30 nitrogen and oxygen atoms in total. The van der Waals surface area contributed by atoms with Crippen molar-refractivity contribution in [1.82, 2.24) is 9.97 Å². The minimum Gasteiger partial charge on any atom is -0.481 e. The first-order valence-electron chi connectivity index (χ1n) is 43.0. The van der Waals surface area contributed by atoms with Crippen LogP contribution in [0.1, 0.15) is 165 Å². The number of esters is 8. The molecule has 30 heteroatoms. The number of para-hydroxylation sites is 6. The average molecular weight is 1780 g/mol. The standard InChI is InChI=1S/C100H102N4O26/c1-9-115-83(105)53-123-91-61-23-17-24-62(91)40-66-28-20-32-70(94(66)126-56-86(108)118-12-4)44-76-48-79(47-75(97(76)129-59-89(111)121-15-7)43-69-31-19-27-65(39-61)93(69)125-55-85(107)117-11-3)103-99(113)73-35-37-101-81(51-73)82-52-74(36-38-102-82)100(114)104-80-49-77-45-71-33-21-29-67(95(71)127-57-87(109)119-13-5)41-63-25-18-26-64(92(63)124-54-84(106)116-10-2)42-68-30-22-34-72(96(68)128-58-88(110)120-14-6)46-78(50-80)98(77)130-60-90(112)122-16-8/h17-38,47-52H,9-16,39-46,53-60H2,1-8H3,(H,103,113)(H,104,114). The lowest BCUT2D eigenvalue weighted by Gasteiger charge is -2.23. The van der Waals surface area contributed by atoms with E-state index in [4.69, 9.17) is 75.8 Å². The molecule has 0 saturated carbocycles. The monoisotopic (exact) mass is 1770 g/mol.